The summed E-state index contributed by atoms with van der Waals surface area (Å²) in [6.45, 7) is 3.77. The molecule has 2 aliphatic rings. The third-order valence-electron chi connectivity index (χ3n) is 5.91. The molecule has 5 rings (SSSR count). The molecule has 2 aromatic carbocycles. The van der Waals surface area contributed by atoms with Crippen LogP contribution in [0.4, 0.5) is 5.95 Å². The summed E-state index contributed by atoms with van der Waals surface area (Å²) >= 11 is 0. The maximum Gasteiger partial charge on any atom is 0.249 e. The van der Waals surface area contributed by atoms with Crippen molar-refractivity contribution in [3.05, 3.63) is 54.7 Å². The molecule has 2 saturated heterocycles. The van der Waals surface area contributed by atoms with Crippen LogP contribution in [0.15, 0.2) is 54.7 Å². The number of amides is 1. The van der Waals surface area contributed by atoms with Crippen LogP contribution in [0.5, 0.6) is 0 Å². The fourth-order valence-electron chi connectivity index (χ4n) is 4.25. The Bertz CT molecular complexity index is 1060. The predicted octanol–water partition coefficient (Wildman–Crippen LogP) is 2.30. The smallest absolute Gasteiger partial charge is 0.249 e. The third kappa shape index (κ3) is 3.62. The second-order valence-electron chi connectivity index (χ2n) is 7.87. The van der Waals surface area contributed by atoms with E-state index in [2.05, 4.69) is 45.9 Å². The molecule has 2 fully saturated rings. The summed E-state index contributed by atoms with van der Waals surface area (Å²) in [6.07, 6.45) is 2.45. The second-order valence-corrected chi connectivity index (χ2v) is 7.87. The Morgan fingerprint density at radius 2 is 1.93 bits per heavy atom. The van der Waals surface area contributed by atoms with Crippen molar-refractivity contribution in [1.29, 1.82) is 0 Å². The van der Waals surface area contributed by atoms with Crippen LogP contribution >= 0.6 is 0 Å². The van der Waals surface area contributed by atoms with Gasteiger partial charge in [0.1, 0.15) is 5.54 Å². The maximum atomic E-state index is 13.3. The zero-order chi connectivity index (χ0) is 20.4. The minimum Gasteiger partial charge on any atom is -0.378 e. The van der Waals surface area contributed by atoms with Gasteiger partial charge >= 0.3 is 0 Å². The van der Waals surface area contributed by atoms with Gasteiger partial charge in [0, 0.05) is 31.4 Å². The van der Waals surface area contributed by atoms with Gasteiger partial charge in [-0.15, -0.1) is 0 Å². The molecule has 0 bridgehead atoms. The average molecular weight is 403 g/mol. The zero-order valence-corrected chi connectivity index (χ0v) is 16.8. The first-order valence-electron chi connectivity index (χ1n) is 10.4. The lowest BCUT2D eigenvalue weighted by molar-refractivity contribution is -0.139. The molecule has 0 unspecified atom stereocenters. The van der Waals surface area contributed by atoms with Crippen molar-refractivity contribution < 1.29 is 9.53 Å². The Kier molecular flexibility index (Phi) is 5.06. The molecule has 7 nitrogen and oxygen atoms in total. The number of aromatic nitrogens is 2. The van der Waals surface area contributed by atoms with Crippen LogP contribution < -0.4 is 10.6 Å². The van der Waals surface area contributed by atoms with Crippen LogP contribution in [0.1, 0.15) is 6.42 Å². The van der Waals surface area contributed by atoms with Gasteiger partial charge in [0.2, 0.25) is 11.9 Å². The van der Waals surface area contributed by atoms with Gasteiger partial charge in [-0.25, -0.2) is 9.97 Å². The van der Waals surface area contributed by atoms with Gasteiger partial charge in [-0.3, -0.25) is 4.79 Å². The molecular weight excluding hydrogens is 378 g/mol. The summed E-state index contributed by atoms with van der Waals surface area (Å²) in [5.41, 5.74) is 1.13. The van der Waals surface area contributed by atoms with Crippen molar-refractivity contribution in [3.8, 4) is 11.3 Å². The highest BCUT2D eigenvalue weighted by Gasteiger charge is 2.44. The molecule has 1 atom stereocenters. The Balaban J connectivity index is 1.43. The first kappa shape index (κ1) is 19.0. The van der Waals surface area contributed by atoms with E-state index in [-0.39, 0.29) is 5.91 Å². The van der Waals surface area contributed by atoms with Crippen LogP contribution in [0.3, 0.4) is 0 Å². The van der Waals surface area contributed by atoms with Gasteiger partial charge in [-0.2, -0.15) is 0 Å². The lowest BCUT2D eigenvalue weighted by Crippen LogP contribution is -2.57. The van der Waals surface area contributed by atoms with Gasteiger partial charge in [-0.1, -0.05) is 36.4 Å². The second kappa shape index (κ2) is 8.01. The molecule has 3 aromatic rings. The van der Waals surface area contributed by atoms with Crippen molar-refractivity contribution in [2.45, 2.75) is 12.0 Å². The number of benzene rings is 2. The van der Waals surface area contributed by atoms with E-state index in [1.165, 1.54) is 10.8 Å². The van der Waals surface area contributed by atoms with Crippen molar-refractivity contribution in [2.24, 2.45) is 0 Å². The largest absolute Gasteiger partial charge is 0.378 e. The normalized spacial score (nSPS) is 21.7. The highest BCUT2D eigenvalue weighted by atomic mass is 16.5. The molecule has 2 N–H and O–H groups in total. The summed E-state index contributed by atoms with van der Waals surface area (Å²) in [5.74, 6) is 0.571. The minimum atomic E-state index is -0.723. The van der Waals surface area contributed by atoms with Gasteiger partial charge in [0.15, 0.2) is 0 Å². The van der Waals surface area contributed by atoms with Gasteiger partial charge in [-0.05, 0) is 35.9 Å². The summed E-state index contributed by atoms with van der Waals surface area (Å²) in [5, 5.41) is 9.07. The van der Waals surface area contributed by atoms with Crippen LogP contribution in [0.25, 0.3) is 22.0 Å². The van der Waals surface area contributed by atoms with E-state index in [0.717, 1.165) is 17.8 Å². The third-order valence-corrected chi connectivity index (χ3v) is 5.91. The monoisotopic (exact) mass is 403 g/mol. The van der Waals surface area contributed by atoms with Gasteiger partial charge < -0.3 is 20.3 Å². The lowest BCUT2D eigenvalue weighted by Gasteiger charge is -2.36. The maximum absolute atomic E-state index is 13.3. The van der Waals surface area contributed by atoms with E-state index in [1.807, 2.05) is 23.1 Å². The van der Waals surface area contributed by atoms with E-state index in [0.29, 0.717) is 45.2 Å². The number of nitrogens with zero attached hydrogens (tertiary/aromatic N) is 3. The molecule has 1 amide bonds. The molecule has 0 radical (unpaired) electrons. The number of hydrogen-bond acceptors (Lipinski definition) is 6. The first-order chi connectivity index (χ1) is 14.7. The SMILES string of the molecule is O=C(N1CCOCC1)[C@]1(Nc2nccc(-c3ccc4ccccc4c3)n2)CCNC1. The summed E-state index contributed by atoms with van der Waals surface area (Å²) < 4.78 is 5.40. The van der Waals surface area contributed by atoms with Crippen molar-refractivity contribution in [2.75, 3.05) is 44.7 Å². The highest BCUT2D eigenvalue weighted by molar-refractivity contribution is 5.90. The predicted molar refractivity (Wildman–Crippen MR) is 116 cm³/mol. The van der Waals surface area contributed by atoms with Crippen molar-refractivity contribution in [3.63, 3.8) is 0 Å². The molecule has 7 heteroatoms. The lowest BCUT2D eigenvalue weighted by atomic mass is 9.96. The minimum absolute atomic E-state index is 0.0931. The molecule has 154 valence electrons. The molecular formula is C23H25N5O2. The number of morpholine rings is 1. The highest BCUT2D eigenvalue weighted by Crippen LogP contribution is 2.26. The number of nitrogens with one attached hydrogen (secondary N) is 2. The van der Waals surface area contributed by atoms with Gasteiger partial charge in [0.25, 0.3) is 0 Å². The van der Waals surface area contributed by atoms with Crippen LogP contribution in [0, 0.1) is 0 Å². The topological polar surface area (TPSA) is 79.4 Å². The average Bonchev–Trinajstić information content (AvgIpc) is 3.28. The Hall–Kier alpha value is -3.03. The van der Waals surface area contributed by atoms with E-state index in [9.17, 15) is 4.79 Å². The molecule has 0 saturated carbocycles. The number of anilines is 1. The molecule has 1 aromatic heterocycles. The van der Waals surface area contributed by atoms with Crippen LogP contribution in [-0.4, -0.2) is 65.7 Å². The summed E-state index contributed by atoms with van der Waals surface area (Å²) in [7, 11) is 0. The fraction of sp³-hybridized carbons (Fsp3) is 0.348. The molecule has 2 aliphatic heterocycles. The standard InChI is InChI=1S/C23H25N5O2/c29-21(28-11-13-30-14-12-28)23(8-10-24-16-23)27-22-25-9-7-20(26-22)19-6-5-17-3-1-2-4-18(17)15-19/h1-7,9,15,24H,8,10-14,16H2,(H,25,26,27)/t23-/m0/s1. The van der Waals surface area contributed by atoms with E-state index >= 15 is 0 Å². The molecule has 0 aliphatic carbocycles. The first-order valence-corrected chi connectivity index (χ1v) is 10.4. The van der Waals surface area contributed by atoms with E-state index in [4.69, 9.17) is 9.72 Å². The summed E-state index contributed by atoms with van der Waals surface area (Å²) in [6, 6.07) is 16.5. The Labute approximate surface area is 175 Å². The van der Waals surface area contributed by atoms with E-state index < -0.39 is 5.54 Å². The van der Waals surface area contributed by atoms with Crippen LogP contribution in [0.2, 0.25) is 0 Å². The molecule has 30 heavy (non-hydrogen) atoms. The molecule has 3 heterocycles. The Morgan fingerprint density at radius 3 is 2.73 bits per heavy atom. The summed E-state index contributed by atoms with van der Waals surface area (Å²) in [4.78, 5) is 24.4. The van der Waals surface area contributed by atoms with E-state index in [1.54, 1.807) is 6.20 Å². The number of carbonyl (C=O) groups is 1. The fourth-order valence-corrected chi connectivity index (χ4v) is 4.25. The number of ether oxygens (including phenoxy) is 1. The van der Waals surface area contributed by atoms with Gasteiger partial charge in [0.05, 0.1) is 18.9 Å². The van der Waals surface area contributed by atoms with Crippen molar-refractivity contribution in [1.82, 2.24) is 20.2 Å². The number of rotatable bonds is 4. The van der Waals surface area contributed by atoms with Crippen molar-refractivity contribution >= 4 is 22.6 Å². The zero-order valence-electron chi connectivity index (χ0n) is 16.8. The number of carbonyl (C=O) groups excluding carboxylic acids is 1. The number of hydrogen-bond donors (Lipinski definition) is 2. The molecule has 0 spiro atoms. The van der Waals surface area contributed by atoms with Crippen LogP contribution in [-0.2, 0) is 9.53 Å². The Morgan fingerprint density at radius 1 is 1.10 bits per heavy atom. The number of fused-ring (bicyclic) bond motifs is 1. The quantitative estimate of drug-likeness (QED) is 0.696.